The van der Waals surface area contributed by atoms with Crippen molar-refractivity contribution in [3.05, 3.63) is 60.2 Å². The van der Waals surface area contributed by atoms with E-state index < -0.39 is 5.54 Å². The fourth-order valence-corrected chi connectivity index (χ4v) is 4.00. The molecule has 0 aliphatic heterocycles. The monoisotopic (exact) mass is 383 g/mol. The van der Waals surface area contributed by atoms with Gasteiger partial charge in [-0.2, -0.15) is 0 Å². The molecule has 0 bridgehead atoms. The number of rotatable bonds is 11. The highest BCUT2D eigenvalue weighted by Crippen LogP contribution is 2.29. The summed E-state index contributed by atoms with van der Waals surface area (Å²) in [6.45, 7) is 10.5. The topological polar surface area (TPSA) is 20.3 Å². The number of ketones is 1. The Bertz CT molecular complexity index is 686. The Kier molecular flexibility index (Phi) is 8.59. The third kappa shape index (κ3) is 6.22. The van der Waals surface area contributed by atoms with Crippen LogP contribution in [-0.4, -0.2) is 29.3 Å². The van der Waals surface area contributed by atoms with Gasteiger partial charge in [-0.3, -0.25) is 9.69 Å². The van der Waals surface area contributed by atoms with Crippen LogP contribution in [0.4, 0.5) is 0 Å². The van der Waals surface area contributed by atoms with E-state index in [0.29, 0.717) is 0 Å². The lowest BCUT2D eigenvalue weighted by Crippen LogP contribution is -2.50. The number of carbonyl (C=O) groups is 1. The molecule has 0 atom stereocenters. The number of unbranched alkanes of at least 4 members (excludes halogenated alkanes) is 2. The Balaban J connectivity index is 2.11. The minimum absolute atomic E-state index is 0.214. The molecule has 2 aromatic carbocycles. The van der Waals surface area contributed by atoms with E-state index in [1.165, 1.54) is 4.90 Å². The van der Waals surface area contributed by atoms with Crippen LogP contribution in [0.2, 0.25) is 0 Å². The van der Waals surface area contributed by atoms with Gasteiger partial charge in [0, 0.05) is 15.4 Å². The fourth-order valence-electron chi connectivity index (χ4n) is 3.16. The molecule has 0 radical (unpaired) electrons. The van der Waals surface area contributed by atoms with Crippen molar-refractivity contribution in [2.24, 2.45) is 0 Å². The van der Waals surface area contributed by atoms with Crippen LogP contribution in [0.5, 0.6) is 0 Å². The van der Waals surface area contributed by atoms with Crippen molar-refractivity contribution < 1.29 is 4.79 Å². The van der Waals surface area contributed by atoms with Crippen molar-refractivity contribution in [2.45, 2.75) is 68.7 Å². The summed E-state index contributed by atoms with van der Waals surface area (Å²) in [5.74, 6) is 0.214. The molecular weight excluding hydrogens is 350 g/mol. The number of hydrogen-bond donors (Lipinski definition) is 0. The minimum atomic E-state index is -0.474. The van der Waals surface area contributed by atoms with Gasteiger partial charge in [-0.1, -0.05) is 68.8 Å². The SMILES string of the molecule is CCCCN(CCCC)C(C)(C)C(=O)c1ccc(Sc2ccccc2)cc1. The molecule has 0 aliphatic carbocycles. The first-order valence-corrected chi connectivity index (χ1v) is 10.9. The number of carbonyl (C=O) groups excluding carboxylic acids is 1. The Morgan fingerprint density at radius 1 is 0.852 bits per heavy atom. The molecular formula is C24H33NOS. The van der Waals surface area contributed by atoms with Crippen molar-refractivity contribution >= 4 is 17.5 Å². The van der Waals surface area contributed by atoms with Gasteiger partial charge in [-0.05, 0) is 64.0 Å². The second-order valence-electron chi connectivity index (χ2n) is 7.52. The van der Waals surface area contributed by atoms with E-state index in [1.54, 1.807) is 11.8 Å². The maximum atomic E-state index is 13.3. The zero-order valence-corrected chi connectivity index (χ0v) is 18.0. The van der Waals surface area contributed by atoms with Crippen LogP contribution in [0.15, 0.2) is 64.4 Å². The molecule has 3 heteroatoms. The number of Topliss-reactive ketones (excluding diaryl/α,β-unsaturated/α-hetero) is 1. The van der Waals surface area contributed by atoms with Crippen LogP contribution in [-0.2, 0) is 0 Å². The van der Waals surface area contributed by atoms with Gasteiger partial charge in [0.1, 0.15) is 0 Å². The first-order chi connectivity index (χ1) is 13.0. The second-order valence-corrected chi connectivity index (χ2v) is 8.67. The molecule has 0 spiro atoms. The fraction of sp³-hybridized carbons (Fsp3) is 0.458. The summed E-state index contributed by atoms with van der Waals surface area (Å²) in [7, 11) is 0. The summed E-state index contributed by atoms with van der Waals surface area (Å²) in [6.07, 6.45) is 4.57. The first kappa shape index (κ1) is 21.7. The lowest BCUT2D eigenvalue weighted by Gasteiger charge is -2.37. The molecule has 0 aliphatic rings. The van der Waals surface area contributed by atoms with Crippen LogP contribution in [0, 0.1) is 0 Å². The van der Waals surface area contributed by atoms with Gasteiger partial charge in [0.25, 0.3) is 0 Å². The lowest BCUT2D eigenvalue weighted by molar-refractivity contribution is 0.0630. The van der Waals surface area contributed by atoms with Crippen molar-refractivity contribution in [2.75, 3.05) is 13.1 Å². The minimum Gasteiger partial charge on any atom is -0.292 e. The van der Waals surface area contributed by atoms with Crippen molar-refractivity contribution in [1.29, 1.82) is 0 Å². The average Bonchev–Trinajstić information content (AvgIpc) is 2.68. The van der Waals surface area contributed by atoms with Crippen LogP contribution in [0.3, 0.4) is 0 Å². The van der Waals surface area contributed by atoms with E-state index in [0.717, 1.165) is 49.2 Å². The predicted octanol–water partition coefficient (Wildman–Crippen LogP) is 6.70. The smallest absolute Gasteiger partial charge is 0.182 e. The van der Waals surface area contributed by atoms with Gasteiger partial charge >= 0.3 is 0 Å². The van der Waals surface area contributed by atoms with E-state index >= 15 is 0 Å². The van der Waals surface area contributed by atoms with Crippen LogP contribution >= 0.6 is 11.8 Å². The number of hydrogen-bond acceptors (Lipinski definition) is 3. The molecule has 0 saturated carbocycles. The normalized spacial score (nSPS) is 11.7. The Labute approximate surface area is 169 Å². The van der Waals surface area contributed by atoms with Gasteiger partial charge in [0.2, 0.25) is 0 Å². The predicted molar refractivity (Wildman–Crippen MR) is 117 cm³/mol. The summed E-state index contributed by atoms with van der Waals surface area (Å²) < 4.78 is 0. The van der Waals surface area contributed by atoms with Gasteiger partial charge in [-0.15, -0.1) is 0 Å². The van der Waals surface area contributed by atoms with Gasteiger partial charge in [-0.25, -0.2) is 0 Å². The molecule has 0 aromatic heterocycles. The molecule has 146 valence electrons. The molecule has 0 unspecified atom stereocenters. The highest BCUT2D eigenvalue weighted by atomic mass is 32.2. The summed E-state index contributed by atoms with van der Waals surface area (Å²) in [5, 5.41) is 0. The van der Waals surface area contributed by atoms with E-state index in [-0.39, 0.29) is 5.78 Å². The van der Waals surface area contributed by atoms with Crippen LogP contribution < -0.4 is 0 Å². The number of benzene rings is 2. The Morgan fingerprint density at radius 3 is 1.89 bits per heavy atom. The maximum Gasteiger partial charge on any atom is 0.182 e. The van der Waals surface area contributed by atoms with E-state index in [4.69, 9.17) is 0 Å². The lowest BCUT2D eigenvalue weighted by atomic mass is 9.90. The molecule has 0 amide bonds. The molecule has 0 N–H and O–H groups in total. The van der Waals surface area contributed by atoms with Crippen LogP contribution in [0.1, 0.15) is 63.7 Å². The molecule has 0 heterocycles. The van der Waals surface area contributed by atoms with Crippen molar-refractivity contribution in [3.63, 3.8) is 0 Å². The summed E-state index contributed by atoms with van der Waals surface area (Å²) in [4.78, 5) is 18.0. The van der Waals surface area contributed by atoms with Gasteiger partial charge < -0.3 is 0 Å². The molecule has 27 heavy (non-hydrogen) atoms. The summed E-state index contributed by atoms with van der Waals surface area (Å²) >= 11 is 1.72. The third-order valence-electron chi connectivity index (χ3n) is 5.00. The Morgan fingerprint density at radius 2 is 1.37 bits per heavy atom. The highest BCUT2D eigenvalue weighted by molar-refractivity contribution is 7.99. The Hall–Kier alpha value is -1.58. The van der Waals surface area contributed by atoms with Crippen LogP contribution in [0.25, 0.3) is 0 Å². The number of nitrogens with zero attached hydrogens (tertiary/aromatic N) is 1. The standard InChI is InChI=1S/C24H33NOS/c1-5-7-18-25(19-8-6-2)24(3,4)23(26)20-14-16-22(17-15-20)27-21-12-10-9-11-13-21/h9-17H,5-8,18-19H2,1-4H3. The zero-order chi connectivity index (χ0) is 19.7. The zero-order valence-electron chi connectivity index (χ0n) is 17.2. The summed E-state index contributed by atoms with van der Waals surface area (Å²) in [5.41, 5.74) is 0.328. The van der Waals surface area contributed by atoms with Crippen molar-refractivity contribution in [3.8, 4) is 0 Å². The van der Waals surface area contributed by atoms with Gasteiger partial charge in [0.05, 0.1) is 5.54 Å². The molecule has 0 fully saturated rings. The highest BCUT2D eigenvalue weighted by Gasteiger charge is 2.34. The molecule has 0 saturated heterocycles. The molecule has 2 aromatic rings. The molecule has 2 rings (SSSR count). The van der Waals surface area contributed by atoms with E-state index in [2.05, 4.69) is 56.9 Å². The largest absolute Gasteiger partial charge is 0.292 e. The van der Waals surface area contributed by atoms with Crippen molar-refractivity contribution in [1.82, 2.24) is 4.90 Å². The molecule has 2 nitrogen and oxygen atoms in total. The average molecular weight is 384 g/mol. The van der Waals surface area contributed by atoms with E-state index in [9.17, 15) is 4.79 Å². The van der Waals surface area contributed by atoms with Gasteiger partial charge in [0.15, 0.2) is 5.78 Å². The van der Waals surface area contributed by atoms with E-state index in [1.807, 2.05) is 30.3 Å². The maximum absolute atomic E-state index is 13.3. The first-order valence-electron chi connectivity index (χ1n) is 10.1. The third-order valence-corrected chi connectivity index (χ3v) is 6.02. The summed E-state index contributed by atoms with van der Waals surface area (Å²) in [6, 6.07) is 18.4. The quantitative estimate of drug-likeness (QED) is 0.403. The second kappa shape index (κ2) is 10.7.